The maximum Gasteiger partial charge on any atom is 0.328 e. The van der Waals surface area contributed by atoms with Gasteiger partial charge in [-0.2, -0.15) is 0 Å². The number of aliphatic hydroxyl groups excluding tert-OH is 1. The predicted octanol–water partition coefficient (Wildman–Crippen LogP) is 5.77. The first-order valence-corrected chi connectivity index (χ1v) is 18.9. The first-order chi connectivity index (χ1) is 24.5. The third-order valence-corrected chi connectivity index (χ3v) is 10.1. The summed E-state index contributed by atoms with van der Waals surface area (Å²) in [5, 5.41) is 21.9. The van der Waals surface area contributed by atoms with E-state index in [1.807, 2.05) is 58.1 Å². The summed E-state index contributed by atoms with van der Waals surface area (Å²) < 4.78 is 17.1. The molecule has 2 fully saturated rings. The van der Waals surface area contributed by atoms with E-state index in [-0.39, 0.29) is 55.5 Å². The number of ether oxygens (including phenoxy) is 3. The van der Waals surface area contributed by atoms with E-state index in [1.165, 1.54) is 11.8 Å². The molecule has 11 nitrogen and oxygen atoms in total. The van der Waals surface area contributed by atoms with Gasteiger partial charge in [-0.05, 0) is 82.8 Å². The fraction of sp³-hybridized carbons (Fsp3) is 0.683. The second-order valence-corrected chi connectivity index (χ2v) is 14.7. The second kappa shape index (κ2) is 22.1. The van der Waals surface area contributed by atoms with Crippen LogP contribution in [0.2, 0.25) is 0 Å². The molecule has 2 aliphatic rings. The number of rotatable bonds is 20. The van der Waals surface area contributed by atoms with E-state index in [9.17, 15) is 34.2 Å². The van der Waals surface area contributed by atoms with Crippen LogP contribution in [0.4, 0.5) is 0 Å². The van der Waals surface area contributed by atoms with Gasteiger partial charge in [0.1, 0.15) is 17.6 Å². The average molecular weight is 730 g/mol. The Hall–Kier alpha value is -3.25. The normalized spacial score (nSPS) is 25.5. The van der Waals surface area contributed by atoms with Gasteiger partial charge in [0.05, 0.1) is 24.9 Å². The molecule has 2 rings (SSSR count). The van der Waals surface area contributed by atoms with Crippen molar-refractivity contribution in [3.63, 3.8) is 0 Å². The van der Waals surface area contributed by atoms with Crippen molar-refractivity contribution in [3.05, 3.63) is 47.6 Å². The minimum absolute atomic E-state index is 0.00399. The summed E-state index contributed by atoms with van der Waals surface area (Å²) in [4.78, 5) is 64.8. The molecule has 2 heterocycles. The number of esters is 1. The molecule has 0 aromatic rings. The van der Waals surface area contributed by atoms with Crippen molar-refractivity contribution in [2.75, 3.05) is 20.3 Å². The van der Waals surface area contributed by atoms with Crippen LogP contribution in [0.25, 0.3) is 0 Å². The number of aliphatic hydroxyl groups is 2. The molecule has 0 spiro atoms. The van der Waals surface area contributed by atoms with Crippen LogP contribution in [-0.4, -0.2) is 94.7 Å². The second-order valence-electron chi connectivity index (χ2n) is 14.7. The van der Waals surface area contributed by atoms with Gasteiger partial charge in [0.15, 0.2) is 0 Å². The third kappa shape index (κ3) is 13.6. The first kappa shape index (κ1) is 44.9. The Kier molecular flexibility index (Phi) is 19.1. The fourth-order valence-electron chi connectivity index (χ4n) is 6.61. The first-order valence-electron chi connectivity index (χ1n) is 18.9. The zero-order chi connectivity index (χ0) is 39.0. The molecule has 0 aromatic carbocycles. The van der Waals surface area contributed by atoms with Crippen molar-refractivity contribution in [1.82, 2.24) is 4.90 Å². The lowest BCUT2D eigenvalue weighted by atomic mass is 9.85. The van der Waals surface area contributed by atoms with E-state index in [0.717, 1.165) is 12.0 Å². The predicted molar refractivity (Wildman–Crippen MR) is 199 cm³/mol. The quantitative estimate of drug-likeness (QED) is 0.0683. The Balaban J connectivity index is 1.97. The van der Waals surface area contributed by atoms with Gasteiger partial charge >= 0.3 is 5.97 Å². The summed E-state index contributed by atoms with van der Waals surface area (Å²) >= 11 is 0. The lowest BCUT2D eigenvalue weighted by Gasteiger charge is -2.42. The molecule has 0 saturated carbocycles. The van der Waals surface area contributed by atoms with Gasteiger partial charge in [-0.1, -0.05) is 64.2 Å². The Bertz CT molecular complexity index is 1350. The highest BCUT2D eigenvalue weighted by Gasteiger charge is 2.52. The number of allylic oxidation sites excluding steroid dienone is 6. The average Bonchev–Trinajstić information content (AvgIpc) is 3.12. The number of nitrogens with zero attached hydrogens (tertiary/aromatic N) is 1. The van der Waals surface area contributed by atoms with Crippen molar-refractivity contribution in [2.45, 2.75) is 143 Å². The molecule has 292 valence electrons. The number of piperidine rings is 1. The molecule has 0 aliphatic carbocycles. The molecule has 11 heteroatoms. The molecule has 2 saturated heterocycles. The van der Waals surface area contributed by atoms with Crippen LogP contribution in [0.3, 0.4) is 0 Å². The molecule has 52 heavy (non-hydrogen) atoms. The van der Waals surface area contributed by atoms with E-state index >= 15 is 0 Å². The molecule has 0 unspecified atom stereocenters. The van der Waals surface area contributed by atoms with Crippen LogP contribution in [0, 0.1) is 17.8 Å². The number of Topliss-reactive ketones (excluding diaryl/α,β-unsaturated/α-hetero) is 3. The van der Waals surface area contributed by atoms with Gasteiger partial charge in [-0.15, -0.1) is 0 Å². The topological polar surface area (TPSA) is 157 Å². The molecule has 2 N–H and O–H groups in total. The van der Waals surface area contributed by atoms with Gasteiger partial charge < -0.3 is 29.3 Å². The molecule has 8 atom stereocenters. The van der Waals surface area contributed by atoms with Crippen LogP contribution < -0.4 is 0 Å². The number of carbonyl (C=O) groups is 5. The van der Waals surface area contributed by atoms with E-state index in [4.69, 9.17) is 14.2 Å². The zero-order valence-electron chi connectivity index (χ0n) is 32.6. The van der Waals surface area contributed by atoms with Crippen LogP contribution in [0.5, 0.6) is 0 Å². The minimum Gasteiger partial charge on any atom is -0.464 e. The SMILES string of the molecule is CCCOC(=O)[C@@H]1CCCCN1C(=O)C(=O)[C@]1(O)O[C@H](C[C@H](OC)/C(C)=C/C=C/C=C/[C@@H](C)C[C@@H](C)C(=O)C[C@H](O)/C(C)=C/CC(C)=O)CC[C@H]1C. The zero-order valence-corrected chi connectivity index (χ0v) is 32.6. The molecular formula is C41H63NO10. The van der Waals surface area contributed by atoms with Crippen LogP contribution in [0.15, 0.2) is 47.6 Å². The summed E-state index contributed by atoms with van der Waals surface area (Å²) in [6.07, 6.45) is 14.2. The van der Waals surface area contributed by atoms with Gasteiger partial charge in [-0.25, -0.2) is 4.79 Å². The summed E-state index contributed by atoms with van der Waals surface area (Å²) in [7, 11) is 1.58. The van der Waals surface area contributed by atoms with Gasteiger partial charge in [-0.3, -0.25) is 19.2 Å². The van der Waals surface area contributed by atoms with Crippen LogP contribution in [0.1, 0.15) is 113 Å². The molecule has 0 bridgehead atoms. The van der Waals surface area contributed by atoms with Crippen molar-refractivity contribution in [1.29, 1.82) is 0 Å². The Labute approximate surface area is 310 Å². The highest BCUT2D eigenvalue weighted by Crippen LogP contribution is 2.36. The molecule has 2 aliphatic heterocycles. The number of ketones is 3. The molecule has 0 radical (unpaired) electrons. The van der Waals surface area contributed by atoms with Crippen LogP contribution in [-0.2, 0) is 38.2 Å². The van der Waals surface area contributed by atoms with Crippen molar-refractivity contribution in [2.24, 2.45) is 17.8 Å². The van der Waals surface area contributed by atoms with E-state index in [1.54, 1.807) is 27.0 Å². The van der Waals surface area contributed by atoms with Gasteiger partial charge in [0.25, 0.3) is 11.7 Å². The number of hydrogen-bond donors (Lipinski definition) is 2. The summed E-state index contributed by atoms with van der Waals surface area (Å²) in [5.74, 6) is -5.57. The Morgan fingerprint density at radius 1 is 1.00 bits per heavy atom. The highest BCUT2D eigenvalue weighted by molar-refractivity contribution is 6.39. The minimum atomic E-state index is -2.32. The molecular weight excluding hydrogens is 666 g/mol. The number of carbonyl (C=O) groups excluding carboxylic acids is 5. The van der Waals surface area contributed by atoms with Crippen molar-refractivity contribution < 1.29 is 48.4 Å². The van der Waals surface area contributed by atoms with E-state index < -0.39 is 47.6 Å². The van der Waals surface area contributed by atoms with Crippen LogP contribution >= 0.6 is 0 Å². The maximum absolute atomic E-state index is 13.6. The number of methoxy groups -OCH3 is 1. The molecule has 1 amide bonds. The number of amides is 1. The summed E-state index contributed by atoms with van der Waals surface area (Å²) in [5.41, 5.74) is 1.53. The monoisotopic (exact) mass is 729 g/mol. The molecule has 0 aromatic heterocycles. The number of likely N-dealkylation sites (tertiary alicyclic amines) is 1. The van der Waals surface area contributed by atoms with Gasteiger partial charge in [0, 0.05) is 44.8 Å². The smallest absolute Gasteiger partial charge is 0.328 e. The summed E-state index contributed by atoms with van der Waals surface area (Å²) in [6.45, 7) is 13.1. The summed E-state index contributed by atoms with van der Waals surface area (Å²) in [6, 6.07) is -0.859. The highest BCUT2D eigenvalue weighted by atomic mass is 16.6. The van der Waals surface area contributed by atoms with Crippen molar-refractivity contribution in [3.8, 4) is 0 Å². The third-order valence-electron chi connectivity index (χ3n) is 10.1. The Morgan fingerprint density at radius 3 is 2.37 bits per heavy atom. The van der Waals surface area contributed by atoms with Gasteiger partial charge in [0.2, 0.25) is 5.79 Å². The largest absolute Gasteiger partial charge is 0.464 e. The Morgan fingerprint density at radius 2 is 1.71 bits per heavy atom. The standard InChI is InChI=1S/C41H63NO10/c1-9-23-51-40(48)34-17-13-14-22-42(34)39(47)38(46)41(49)31(6)19-21-33(52-41)25-37(50-8)29(4)16-12-10-11-15-27(2)24-30(5)36(45)26-35(44)28(3)18-20-32(7)43/h10-12,15-16,18,27,30-31,33-35,37,44,49H,9,13-14,17,19-26H2,1-8H3/b12-10+,15-11+,28-18+,29-16+/t27-,30-,31-,33+,34+,35+,37+,41-/m1/s1. The van der Waals surface area contributed by atoms with E-state index in [0.29, 0.717) is 50.5 Å². The lowest BCUT2D eigenvalue weighted by Crippen LogP contribution is -2.60. The maximum atomic E-state index is 13.6. The number of hydrogen-bond acceptors (Lipinski definition) is 10. The van der Waals surface area contributed by atoms with E-state index in [2.05, 4.69) is 0 Å². The lowest BCUT2D eigenvalue weighted by molar-refractivity contribution is -0.265. The van der Waals surface area contributed by atoms with Crippen molar-refractivity contribution >= 4 is 29.2 Å². The fourth-order valence-corrected chi connectivity index (χ4v) is 6.61.